The van der Waals surface area contributed by atoms with Crippen LogP contribution in [-0.2, 0) is 14.4 Å². The largest absolute Gasteiger partial charge is 0.326 e. The van der Waals surface area contributed by atoms with Crippen LogP contribution in [0.3, 0.4) is 0 Å². The molecule has 1 saturated heterocycles. The smallest absolute Gasteiger partial charge is 0.257 e. The van der Waals surface area contributed by atoms with Crippen LogP contribution in [0, 0.1) is 5.92 Å². The molecule has 3 amide bonds. The average Bonchev–Trinajstić information content (AvgIpc) is 3.32. The number of imide groups is 1. The van der Waals surface area contributed by atoms with E-state index in [1.54, 1.807) is 30.3 Å². The van der Waals surface area contributed by atoms with Crippen molar-refractivity contribution in [3.05, 3.63) is 43.0 Å². The van der Waals surface area contributed by atoms with Gasteiger partial charge in [0.05, 0.1) is 12.1 Å². The highest BCUT2D eigenvalue weighted by molar-refractivity contribution is 6.23. The number of anilines is 1. The first kappa shape index (κ1) is 14.5. The van der Waals surface area contributed by atoms with Gasteiger partial charge in [-0.2, -0.15) is 0 Å². The molecule has 2 fully saturated rings. The van der Waals surface area contributed by atoms with Crippen molar-refractivity contribution in [1.82, 2.24) is 4.90 Å². The monoisotopic (exact) mass is 298 g/mol. The summed E-state index contributed by atoms with van der Waals surface area (Å²) in [4.78, 5) is 40.0. The van der Waals surface area contributed by atoms with Gasteiger partial charge in [-0.05, 0) is 25.0 Å². The molecule has 5 nitrogen and oxygen atoms in total. The highest BCUT2D eigenvalue weighted by atomic mass is 16.2. The van der Waals surface area contributed by atoms with Gasteiger partial charge >= 0.3 is 0 Å². The van der Waals surface area contributed by atoms with Crippen molar-refractivity contribution >= 4 is 23.4 Å². The maximum atomic E-state index is 12.7. The van der Waals surface area contributed by atoms with E-state index in [0.29, 0.717) is 12.2 Å². The van der Waals surface area contributed by atoms with Crippen molar-refractivity contribution in [3.63, 3.8) is 0 Å². The fraction of sp³-hybridized carbons (Fsp3) is 0.353. The molecular weight excluding hydrogens is 280 g/mol. The fourth-order valence-electron chi connectivity index (χ4n) is 2.78. The third-order valence-electron chi connectivity index (χ3n) is 4.05. The van der Waals surface area contributed by atoms with Crippen LogP contribution >= 0.6 is 0 Å². The first-order chi connectivity index (χ1) is 10.6. The SMILES string of the molecule is C=CCN(C(=O)C1CC1)C1CC(=O)N(c2ccccc2)C1=O. The summed E-state index contributed by atoms with van der Waals surface area (Å²) < 4.78 is 0. The normalized spacial score (nSPS) is 21.1. The third-order valence-corrected chi connectivity index (χ3v) is 4.05. The summed E-state index contributed by atoms with van der Waals surface area (Å²) in [7, 11) is 0. The molecule has 1 aromatic rings. The molecule has 0 spiro atoms. The second-order valence-electron chi connectivity index (χ2n) is 5.68. The Morgan fingerprint density at radius 3 is 2.55 bits per heavy atom. The van der Waals surface area contributed by atoms with E-state index in [1.165, 1.54) is 9.80 Å². The van der Waals surface area contributed by atoms with E-state index < -0.39 is 6.04 Å². The minimum atomic E-state index is -0.709. The van der Waals surface area contributed by atoms with Gasteiger partial charge in [0.1, 0.15) is 6.04 Å². The van der Waals surface area contributed by atoms with Crippen LogP contribution in [0.4, 0.5) is 5.69 Å². The highest BCUT2D eigenvalue weighted by Gasteiger charge is 2.46. The molecule has 1 aliphatic carbocycles. The number of benzene rings is 1. The Labute approximate surface area is 129 Å². The Hall–Kier alpha value is -2.43. The second kappa shape index (κ2) is 5.75. The molecule has 1 atom stereocenters. The lowest BCUT2D eigenvalue weighted by Crippen LogP contribution is -2.46. The zero-order valence-electron chi connectivity index (χ0n) is 12.3. The molecule has 3 rings (SSSR count). The molecule has 0 N–H and O–H groups in total. The van der Waals surface area contributed by atoms with Gasteiger partial charge in [-0.15, -0.1) is 6.58 Å². The van der Waals surface area contributed by atoms with Crippen molar-refractivity contribution in [2.75, 3.05) is 11.4 Å². The van der Waals surface area contributed by atoms with Gasteiger partial charge in [0.25, 0.3) is 5.91 Å². The van der Waals surface area contributed by atoms with Crippen molar-refractivity contribution in [2.45, 2.75) is 25.3 Å². The second-order valence-corrected chi connectivity index (χ2v) is 5.68. The first-order valence-electron chi connectivity index (χ1n) is 7.46. The molecule has 2 aliphatic rings. The van der Waals surface area contributed by atoms with Gasteiger partial charge in [-0.25, -0.2) is 4.90 Å². The molecule has 0 bridgehead atoms. The van der Waals surface area contributed by atoms with E-state index in [1.807, 2.05) is 6.07 Å². The van der Waals surface area contributed by atoms with Crippen LogP contribution in [0.5, 0.6) is 0 Å². The van der Waals surface area contributed by atoms with Gasteiger partial charge in [0.15, 0.2) is 0 Å². The number of carbonyl (C=O) groups is 3. The summed E-state index contributed by atoms with van der Waals surface area (Å²) in [6, 6.07) is 8.11. The Morgan fingerprint density at radius 2 is 1.95 bits per heavy atom. The number of nitrogens with zero attached hydrogens (tertiary/aromatic N) is 2. The van der Waals surface area contributed by atoms with Gasteiger partial charge in [0, 0.05) is 12.5 Å². The van der Waals surface area contributed by atoms with E-state index in [4.69, 9.17) is 0 Å². The quantitative estimate of drug-likeness (QED) is 0.614. The highest BCUT2D eigenvalue weighted by Crippen LogP contribution is 2.33. The molecule has 1 saturated carbocycles. The topological polar surface area (TPSA) is 57.7 Å². The van der Waals surface area contributed by atoms with E-state index in [2.05, 4.69) is 6.58 Å². The van der Waals surface area contributed by atoms with E-state index >= 15 is 0 Å². The first-order valence-corrected chi connectivity index (χ1v) is 7.46. The Morgan fingerprint density at radius 1 is 1.27 bits per heavy atom. The molecule has 22 heavy (non-hydrogen) atoms. The number of rotatable bonds is 5. The number of carbonyl (C=O) groups excluding carboxylic acids is 3. The molecule has 1 aliphatic heterocycles. The molecule has 114 valence electrons. The van der Waals surface area contributed by atoms with Gasteiger partial charge in [-0.1, -0.05) is 24.3 Å². The van der Waals surface area contributed by atoms with Crippen molar-refractivity contribution in [2.24, 2.45) is 5.92 Å². The van der Waals surface area contributed by atoms with Crippen molar-refractivity contribution in [1.29, 1.82) is 0 Å². The zero-order chi connectivity index (χ0) is 15.7. The lowest BCUT2D eigenvalue weighted by Gasteiger charge is -2.26. The maximum absolute atomic E-state index is 12.7. The third kappa shape index (κ3) is 2.54. The van der Waals surface area contributed by atoms with Gasteiger partial charge < -0.3 is 4.90 Å². The predicted octanol–water partition coefficient (Wildman–Crippen LogP) is 1.74. The lowest BCUT2D eigenvalue weighted by molar-refractivity contribution is -0.138. The standard InChI is InChI=1S/C17H18N2O3/c1-2-10-18(16(21)12-8-9-12)14-11-15(20)19(17(14)22)13-6-4-3-5-7-13/h2-7,12,14H,1,8-11H2. The summed E-state index contributed by atoms with van der Waals surface area (Å²) in [5.41, 5.74) is 0.553. The van der Waals surface area contributed by atoms with Crippen molar-refractivity contribution < 1.29 is 14.4 Å². The van der Waals surface area contributed by atoms with Crippen LogP contribution in [0.2, 0.25) is 0 Å². The summed E-state index contributed by atoms with van der Waals surface area (Å²) in [6.07, 6.45) is 3.37. The molecule has 0 radical (unpaired) electrons. The Kier molecular flexibility index (Phi) is 3.79. The number of hydrogen-bond donors (Lipinski definition) is 0. The van der Waals surface area contributed by atoms with Crippen LogP contribution in [0.1, 0.15) is 19.3 Å². The molecule has 1 heterocycles. The number of amides is 3. The molecule has 1 unspecified atom stereocenters. The van der Waals surface area contributed by atoms with Crippen LogP contribution in [-0.4, -0.2) is 35.2 Å². The maximum Gasteiger partial charge on any atom is 0.257 e. The van der Waals surface area contributed by atoms with Crippen LogP contribution in [0.25, 0.3) is 0 Å². The minimum Gasteiger partial charge on any atom is -0.326 e. The summed E-state index contributed by atoms with van der Waals surface area (Å²) in [5.74, 6) is -0.625. The fourth-order valence-corrected chi connectivity index (χ4v) is 2.78. The zero-order valence-corrected chi connectivity index (χ0v) is 12.3. The minimum absolute atomic E-state index is 0.00799. The number of hydrogen-bond acceptors (Lipinski definition) is 3. The Balaban J connectivity index is 1.85. The predicted molar refractivity (Wildman–Crippen MR) is 82.0 cm³/mol. The summed E-state index contributed by atoms with van der Waals surface area (Å²) in [5, 5.41) is 0. The molecule has 1 aromatic carbocycles. The van der Waals surface area contributed by atoms with Crippen LogP contribution < -0.4 is 4.90 Å². The van der Waals surface area contributed by atoms with E-state index in [9.17, 15) is 14.4 Å². The van der Waals surface area contributed by atoms with Gasteiger partial charge in [0.2, 0.25) is 11.8 Å². The molecule has 0 aromatic heterocycles. The van der Waals surface area contributed by atoms with Crippen molar-refractivity contribution in [3.8, 4) is 0 Å². The van der Waals surface area contributed by atoms with E-state index in [-0.39, 0.29) is 30.1 Å². The molecule has 5 heteroatoms. The summed E-state index contributed by atoms with van der Waals surface area (Å²) >= 11 is 0. The average molecular weight is 298 g/mol. The van der Waals surface area contributed by atoms with Gasteiger partial charge in [-0.3, -0.25) is 14.4 Å². The number of para-hydroxylation sites is 1. The lowest BCUT2D eigenvalue weighted by atomic mass is 10.2. The van der Waals surface area contributed by atoms with E-state index in [0.717, 1.165) is 12.8 Å². The summed E-state index contributed by atoms with van der Waals surface area (Å²) in [6.45, 7) is 3.94. The van der Waals surface area contributed by atoms with Crippen LogP contribution in [0.15, 0.2) is 43.0 Å². The molecular formula is C17H18N2O3. The Bertz CT molecular complexity index is 622.